The molecular weight excluding hydrogens is 240 g/mol. The average molecular weight is 262 g/mol. The van der Waals surface area contributed by atoms with Gasteiger partial charge in [0.05, 0.1) is 7.11 Å². The van der Waals surface area contributed by atoms with Gasteiger partial charge in [0.1, 0.15) is 5.75 Å². The molecule has 1 aromatic rings. The van der Waals surface area contributed by atoms with Crippen molar-refractivity contribution in [3.63, 3.8) is 0 Å². The fourth-order valence-corrected chi connectivity index (χ4v) is 2.38. The Kier molecular flexibility index (Phi) is 5.21. The average Bonchev–Trinajstić information content (AvgIpc) is 2.47. The van der Waals surface area contributed by atoms with Crippen molar-refractivity contribution in [3.05, 3.63) is 29.8 Å². The fraction of sp³-hybridized carbons (Fsp3) is 0.533. The zero-order valence-corrected chi connectivity index (χ0v) is 11.4. The highest BCUT2D eigenvalue weighted by Gasteiger charge is 2.16. The van der Waals surface area contributed by atoms with Crippen molar-refractivity contribution in [2.45, 2.75) is 25.8 Å². The molecule has 1 aliphatic rings. The molecule has 0 aromatic heterocycles. The predicted octanol–water partition coefficient (Wildman–Crippen LogP) is 1.70. The molecule has 0 aliphatic carbocycles. The molecule has 0 bridgehead atoms. The zero-order valence-electron chi connectivity index (χ0n) is 11.4. The standard InChI is InChI=1S/C15H22N2O2/c1-19-14-6-4-12(5-7-14)11-17-15(18)9-13-3-2-8-16-10-13/h4-7,13,16H,2-3,8-11H2,1H3,(H,17,18). The van der Waals surface area contributed by atoms with Gasteiger partial charge < -0.3 is 15.4 Å². The van der Waals surface area contributed by atoms with E-state index in [1.54, 1.807) is 7.11 Å². The molecule has 1 amide bonds. The molecule has 2 rings (SSSR count). The van der Waals surface area contributed by atoms with Gasteiger partial charge in [-0.2, -0.15) is 0 Å². The Balaban J connectivity index is 1.72. The van der Waals surface area contributed by atoms with Crippen LogP contribution in [0.2, 0.25) is 0 Å². The summed E-state index contributed by atoms with van der Waals surface area (Å²) < 4.78 is 5.10. The van der Waals surface area contributed by atoms with Crippen molar-refractivity contribution in [2.75, 3.05) is 20.2 Å². The van der Waals surface area contributed by atoms with Gasteiger partial charge in [-0.3, -0.25) is 4.79 Å². The number of methoxy groups -OCH3 is 1. The monoisotopic (exact) mass is 262 g/mol. The van der Waals surface area contributed by atoms with E-state index in [2.05, 4.69) is 10.6 Å². The zero-order chi connectivity index (χ0) is 13.5. The van der Waals surface area contributed by atoms with Crippen LogP contribution in [0.25, 0.3) is 0 Å². The minimum Gasteiger partial charge on any atom is -0.497 e. The lowest BCUT2D eigenvalue weighted by Crippen LogP contribution is -2.34. The molecule has 1 aliphatic heterocycles. The quantitative estimate of drug-likeness (QED) is 0.849. The van der Waals surface area contributed by atoms with Crippen LogP contribution in [-0.4, -0.2) is 26.1 Å². The van der Waals surface area contributed by atoms with Crippen LogP contribution < -0.4 is 15.4 Å². The summed E-state index contributed by atoms with van der Waals surface area (Å²) in [6.07, 6.45) is 2.96. The number of benzene rings is 1. The van der Waals surface area contributed by atoms with E-state index < -0.39 is 0 Å². The van der Waals surface area contributed by atoms with E-state index in [1.807, 2.05) is 24.3 Å². The summed E-state index contributed by atoms with van der Waals surface area (Å²) in [4.78, 5) is 11.8. The molecule has 0 radical (unpaired) electrons. The van der Waals surface area contributed by atoms with E-state index in [1.165, 1.54) is 6.42 Å². The van der Waals surface area contributed by atoms with Crippen molar-refractivity contribution in [2.24, 2.45) is 5.92 Å². The van der Waals surface area contributed by atoms with Crippen molar-refractivity contribution in [3.8, 4) is 5.75 Å². The first-order valence-corrected chi connectivity index (χ1v) is 6.88. The summed E-state index contributed by atoms with van der Waals surface area (Å²) in [5, 5.41) is 6.31. The number of carbonyl (C=O) groups excluding carboxylic acids is 1. The molecule has 19 heavy (non-hydrogen) atoms. The molecule has 0 spiro atoms. The van der Waals surface area contributed by atoms with Crippen LogP contribution in [0.5, 0.6) is 5.75 Å². The lowest BCUT2D eigenvalue weighted by molar-refractivity contribution is -0.122. The van der Waals surface area contributed by atoms with Crippen LogP contribution in [0.4, 0.5) is 0 Å². The highest BCUT2D eigenvalue weighted by molar-refractivity contribution is 5.76. The van der Waals surface area contributed by atoms with Crippen LogP contribution in [0.3, 0.4) is 0 Å². The topological polar surface area (TPSA) is 50.4 Å². The van der Waals surface area contributed by atoms with Gasteiger partial charge in [-0.15, -0.1) is 0 Å². The summed E-state index contributed by atoms with van der Waals surface area (Å²) in [5.41, 5.74) is 1.09. The maximum Gasteiger partial charge on any atom is 0.220 e. The molecule has 104 valence electrons. The lowest BCUT2D eigenvalue weighted by Gasteiger charge is -2.22. The van der Waals surface area contributed by atoms with Gasteiger partial charge in [0.15, 0.2) is 0 Å². The summed E-state index contributed by atoms with van der Waals surface area (Å²) >= 11 is 0. The third-order valence-electron chi connectivity index (χ3n) is 3.52. The van der Waals surface area contributed by atoms with Crippen LogP contribution in [0.15, 0.2) is 24.3 Å². The summed E-state index contributed by atoms with van der Waals surface area (Å²) in [6.45, 7) is 2.64. The molecule has 4 nitrogen and oxygen atoms in total. The minimum atomic E-state index is 0.143. The van der Waals surface area contributed by atoms with Gasteiger partial charge in [0.25, 0.3) is 0 Å². The van der Waals surface area contributed by atoms with Gasteiger partial charge in [-0.25, -0.2) is 0 Å². The Bertz CT molecular complexity index is 397. The van der Waals surface area contributed by atoms with Crippen molar-refractivity contribution >= 4 is 5.91 Å². The van der Waals surface area contributed by atoms with Crippen molar-refractivity contribution in [1.29, 1.82) is 0 Å². The van der Waals surface area contributed by atoms with Gasteiger partial charge in [-0.05, 0) is 49.5 Å². The SMILES string of the molecule is COc1ccc(CNC(=O)CC2CCCNC2)cc1. The molecule has 1 aromatic carbocycles. The van der Waals surface area contributed by atoms with Crippen LogP contribution in [0, 0.1) is 5.92 Å². The van der Waals surface area contributed by atoms with Crippen LogP contribution in [-0.2, 0) is 11.3 Å². The second-order valence-electron chi connectivity index (χ2n) is 5.04. The third-order valence-corrected chi connectivity index (χ3v) is 3.52. The summed E-state index contributed by atoms with van der Waals surface area (Å²) in [7, 11) is 1.65. The molecule has 1 heterocycles. The molecule has 1 atom stereocenters. The first-order chi connectivity index (χ1) is 9.28. The van der Waals surface area contributed by atoms with Crippen molar-refractivity contribution < 1.29 is 9.53 Å². The number of piperidine rings is 1. The Labute approximate surface area is 114 Å². The van der Waals surface area contributed by atoms with E-state index in [4.69, 9.17) is 4.74 Å². The van der Waals surface area contributed by atoms with Gasteiger partial charge >= 0.3 is 0 Å². The Morgan fingerprint density at radius 2 is 2.21 bits per heavy atom. The van der Waals surface area contributed by atoms with Gasteiger partial charge in [0.2, 0.25) is 5.91 Å². The molecule has 4 heteroatoms. The van der Waals surface area contributed by atoms with E-state index in [0.717, 1.165) is 30.8 Å². The van der Waals surface area contributed by atoms with Gasteiger partial charge in [0, 0.05) is 13.0 Å². The number of carbonyl (C=O) groups is 1. The van der Waals surface area contributed by atoms with Crippen molar-refractivity contribution in [1.82, 2.24) is 10.6 Å². The summed E-state index contributed by atoms with van der Waals surface area (Å²) in [5.74, 6) is 1.47. The minimum absolute atomic E-state index is 0.143. The fourth-order valence-electron chi connectivity index (χ4n) is 2.38. The van der Waals surface area contributed by atoms with E-state index in [9.17, 15) is 4.79 Å². The summed E-state index contributed by atoms with van der Waals surface area (Å²) in [6, 6.07) is 7.77. The van der Waals surface area contributed by atoms with Crippen LogP contribution in [0.1, 0.15) is 24.8 Å². The number of nitrogens with one attached hydrogen (secondary N) is 2. The largest absolute Gasteiger partial charge is 0.497 e. The number of amides is 1. The first-order valence-electron chi connectivity index (χ1n) is 6.88. The Hall–Kier alpha value is -1.55. The van der Waals surface area contributed by atoms with E-state index >= 15 is 0 Å². The Morgan fingerprint density at radius 3 is 2.84 bits per heavy atom. The molecule has 1 unspecified atom stereocenters. The van der Waals surface area contributed by atoms with E-state index in [0.29, 0.717) is 18.9 Å². The Morgan fingerprint density at radius 1 is 1.42 bits per heavy atom. The molecular formula is C15H22N2O2. The highest BCUT2D eigenvalue weighted by Crippen LogP contribution is 2.14. The highest BCUT2D eigenvalue weighted by atomic mass is 16.5. The normalized spacial score (nSPS) is 18.9. The van der Waals surface area contributed by atoms with E-state index in [-0.39, 0.29) is 5.91 Å². The number of rotatable bonds is 5. The maximum atomic E-state index is 11.8. The number of ether oxygens (including phenoxy) is 1. The maximum absolute atomic E-state index is 11.8. The predicted molar refractivity (Wildman–Crippen MR) is 75.1 cm³/mol. The first kappa shape index (κ1) is 13.9. The molecule has 0 saturated carbocycles. The second-order valence-corrected chi connectivity index (χ2v) is 5.04. The molecule has 1 fully saturated rings. The van der Waals surface area contributed by atoms with Crippen LogP contribution >= 0.6 is 0 Å². The smallest absolute Gasteiger partial charge is 0.220 e. The molecule has 2 N–H and O–H groups in total. The third kappa shape index (κ3) is 4.56. The number of hydrogen-bond acceptors (Lipinski definition) is 3. The van der Waals surface area contributed by atoms with Gasteiger partial charge in [-0.1, -0.05) is 12.1 Å². The number of hydrogen-bond donors (Lipinski definition) is 2. The molecule has 1 saturated heterocycles. The second kappa shape index (κ2) is 7.14. The lowest BCUT2D eigenvalue weighted by atomic mass is 9.96.